The lowest BCUT2D eigenvalue weighted by molar-refractivity contribution is 0.669. The molecule has 0 unspecified atom stereocenters. The Kier molecular flexibility index (Phi) is 8.50. The zero-order chi connectivity index (χ0) is 42.8. The van der Waals surface area contributed by atoms with Gasteiger partial charge in [0.05, 0.1) is 0 Å². The summed E-state index contributed by atoms with van der Waals surface area (Å²) in [6.45, 7) is 0. The second-order valence-electron chi connectivity index (χ2n) is 16.7. The maximum Gasteiger partial charge on any atom is 0.164 e. The van der Waals surface area contributed by atoms with Crippen molar-refractivity contribution in [3.05, 3.63) is 224 Å². The van der Waals surface area contributed by atoms with Crippen LogP contribution in [0.25, 0.3) is 133 Å². The van der Waals surface area contributed by atoms with Gasteiger partial charge in [-0.2, -0.15) is 0 Å². The van der Waals surface area contributed by atoms with Crippen LogP contribution in [-0.2, 0) is 0 Å². The molecule has 65 heavy (non-hydrogen) atoms. The Morgan fingerprint density at radius 3 is 1.51 bits per heavy atom. The molecule has 11 aromatic carbocycles. The van der Waals surface area contributed by atoms with E-state index in [0.717, 1.165) is 71.5 Å². The number of nitrogens with zero attached hydrogens (tertiary/aromatic N) is 3. The van der Waals surface area contributed by atoms with Crippen molar-refractivity contribution >= 4 is 65.0 Å². The number of furan rings is 1. The van der Waals surface area contributed by atoms with Gasteiger partial charge >= 0.3 is 0 Å². The number of hydrogen-bond acceptors (Lipinski definition) is 4. The molecule has 0 N–H and O–H groups in total. The van der Waals surface area contributed by atoms with Crippen LogP contribution in [0.2, 0.25) is 0 Å². The molecule has 0 aliphatic carbocycles. The van der Waals surface area contributed by atoms with Crippen LogP contribution in [0.3, 0.4) is 0 Å². The van der Waals surface area contributed by atoms with Crippen molar-refractivity contribution in [3.8, 4) is 67.5 Å². The van der Waals surface area contributed by atoms with Crippen molar-refractivity contribution in [2.45, 2.75) is 0 Å². The third kappa shape index (κ3) is 6.26. The van der Waals surface area contributed by atoms with Crippen LogP contribution in [-0.4, -0.2) is 15.0 Å². The van der Waals surface area contributed by atoms with E-state index in [4.69, 9.17) is 19.4 Å². The highest BCUT2D eigenvalue weighted by atomic mass is 16.3. The molecule has 0 amide bonds. The summed E-state index contributed by atoms with van der Waals surface area (Å²) in [7, 11) is 0. The van der Waals surface area contributed by atoms with Crippen molar-refractivity contribution in [2.75, 3.05) is 0 Å². The molecule has 2 heterocycles. The molecule has 0 atom stereocenters. The normalized spacial score (nSPS) is 11.7. The SMILES string of the molecule is c1ccc(-c2ccc(-c3nc(-c4ccccc4)nc(-c4ccc(-c5ccc6oc7cc(-c8cccc9ccccc89)c8ccccc8c7c6c5)c5cc6ccccc6cc45)n3)cc2)cc1. The summed E-state index contributed by atoms with van der Waals surface area (Å²) in [5.74, 6) is 1.88. The van der Waals surface area contributed by atoms with E-state index in [1.807, 2.05) is 24.3 Å². The van der Waals surface area contributed by atoms with Gasteiger partial charge in [-0.05, 0) is 113 Å². The first-order valence-corrected chi connectivity index (χ1v) is 22.0. The lowest BCUT2D eigenvalue weighted by atomic mass is 9.90. The van der Waals surface area contributed by atoms with Crippen LogP contribution >= 0.6 is 0 Å². The largest absolute Gasteiger partial charge is 0.456 e. The van der Waals surface area contributed by atoms with Gasteiger partial charge in [-0.15, -0.1) is 0 Å². The monoisotopic (exact) mass is 827 g/mol. The molecule has 0 aliphatic heterocycles. The molecule has 0 saturated heterocycles. The van der Waals surface area contributed by atoms with Gasteiger partial charge in [-0.1, -0.05) is 188 Å². The van der Waals surface area contributed by atoms with Crippen molar-refractivity contribution in [1.29, 1.82) is 0 Å². The third-order valence-electron chi connectivity index (χ3n) is 12.9. The Bertz CT molecular complexity index is 3980. The first-order chi connectivity index (χ1) is 32.2. The predicted octanol–water partition coefficient (Wildman–Crippen LogP) is 16.4. The number of benzene rings is 11. The standard InChI is InChI=1S/C61H37N3O/c1-3-14-38(15-4-1)39-26-28-42(29-27-39)60-62-59(41-17-5-2-6-18-41)63-61(64-60)51-32-31-47(52-34-43-19-7-8-20-44(43)35-53(51)52)45-30-33-56-55(36-45)58-50-24-12-11-23-49(50)54(37-57(58)65-56)48-25-13-21-40-16-9-10-22-46(40)48/h1-37H. The molecule has 2 aromatic heterocycles. The molecule has 4 nitrogen and oxygen atoms in total. The lowest BCUT2D eigenvalue weighted by Gasteiger charge is -2.14. The minimum Gasteiger partial charge on any atom is -0.456 e. The summed E-state index contributed by atoms with van der Waals surface area (Å²) >= 11 is 0. The number of fused-ring (bicyclic) bond motifs is 8. The van der Waals surface area contributed by atoms with Gasteiger partial charge < -0.3 is 4.42 Å². The molecular formula is C61H37N3O. The highest BCUT2D eigenvalue weighted by molar-refractivity contribution is 6.24. The molecule has 0 radical (unpaired) electrons. The highest BCUT2D eigenvalue weighted by Crippen LogP contribution is 2.44. The third-order valence-corrected chi connectivity index (χ3v) is 12.9. The minimum absolute atomic E-state index is 0.623. The summed E-state index contributed by atoms with van der Waals surface area (Å²) in [5.41, 5.74) is 11.4. The first-order valence-electron chi connectivity index (χ1n) is 22.0. The maximum atomic E-state index is 6.75. The average molecular weight is 828 g/mol. The second-order valence-corrected chi connectivity index (χ2v) is 16.7. The average Bonchev–Trinajstić information content (AvgIpc) is 3.76. The van der Waals surface area contributed by atoms with Crippen molar-refractivity contribution in [3.63, 3.8) is 0 Å². The van der Waals surface area contributed by atoms with Crippen LogP contribution in [0, 0.1) is 0 Å². The van der Waals surface area contributed by atoms with Gasteiger partial charge in [0.2, 0.25) is 0 Å². The van der Waals surface area contributed by atoms with Crippen LogP contribution in [0.1, 0.15) is 0 Å². The quantitative estimate of drug-likeness (QED) is 0.157. The van der Waals surface area contributed by atoms with Gasteiger partial charge in [0.1, 0.15) is 11.2 Å². The summed E-state index contributed by atoms with van der Waals surface area (Å²) in [5, 5.41) is 11.5. The Balaban J connectivity index is 0.998. The smallest absolute Gasteiger partial charge is 0.164 e. The fourth-order valence-corrected chi connectivity index (χ4v) is 9.75. The fourth-order valence-electron chi connectivity index (χ4n) is 9.75. The zero-order valence-electron chi connectivity index (χ0n) is 35.1. The molecule has 0 spiro atoms. The number of aromatic nitrogens is 3. The van der Waals surface area contributed by atoms with Crippen LogP contribution in [0.4, 0.5) is 0 Å². The van der Waals surface area contributed by atoms with Gasteiger partial charge in [-0.25, -0.2) is 15.0 Å². The topological polar surface area (TPSA) is 51.8 Å². The molecular weight excluding hydrogens is 791 g/mol. The molecule has 0 bridgehead atoms. The van der Waals surface area contributed by atoms with Gasteiger partial charge in [0, 0.05) is 27.5 Å². The minimum atomic E-state index is 0.623. The van der Waals surface area contributed by atoms with E-state index in [-0.39, 0.29) is 0 Å². The Labute approximate surface area is 374 Å². The molecule has 13 aromatic rings. The predicted molar refractivity (Wildman–Crippen MR) is 270 cm³/mol. The fraction of sp³-hybridized carbons (Fsp3) is 0. The van der Waals surface area contributed by atoms with Crippen molar-refractivity contribution in [1.82, 2.24) is 15.0 Å². The van der Waals surface area contributed by atoms with Crippen LogP contribution in [0.15, 0.2) is 229 Å². The Hall–Kier alpha value is -8.73. The number of rotatable bonds is 6. The van der Waals surface area contributed by atoms with E-state index in [9.17, 15) is 0 Å². The number of hydrogen-bond donors (Lipinski definition) is 0. The van der Waals surface area contributed by atoms with Crippen molar-refractivity contribution < 1.29 is 4.42 Å². The van der Waals surface area contributed by atoms with Crippen molar-refractivity contribution in [2.24, 2.45) is 0 Å². The van der Waals surface area contributed by atoms with E-state index in [2.05, 4.69) is 200 Å². The Morgan fingerprint density at radius 1 is 0.246 bits per heavy atom. The van der Waals surface area contributed by atoms with E-state index < -0.39 is 0 Å². The summed E-state index contributed by atoms with van der Waals surface area (Å²) in [6.07, 6.45) is 0. The summed E-state index contributed by atoms with van der Waals surface area (Å²) in [4.78, 5) is 15.5. The van der Waals surface area contributed by atoms with Gasteiger partial charge in [0.15, 0.2) is 17.5 Å². The zero-order valence-corrected chi connectivity index (χ0v) is 35.1. The van der Waals surface area contributed by atoms with Crippen LogP contribution < -0.4 is 0 Å². The second kappa shape index (κ2) is 15.0. The molecule has 302 valence electrons. The van der Waals surface area contributed by atoms with Crippen LogP contribution in [0.5, 0.6) is 0 Å². The highest BCUT2D eigenvalue weighted by Gasteiger charge is 2.20. The molecule has 0 aliphatic rings. The summed E-state index contributed by atoms with van der Waals surface area (Å²) < 4.78 is 6.75. The van der Waals surface area contributed by atoms with E-state index in [0.29, 0.717) is 17.5 Å². The molecule has 0 saturated carbocycles. The molecule has 13 rings (SSSR count). The van der Waals surface area contributed by atoms with E-state index in [1.165, 1.54) is 43.6 Å². The maximum absolute atomic E-state index is 6.75. The van der Waals surface area contributed by atoms with E-state index >= 15 is 0 Å². The lowest BCUT2D eigenvalue weighted by Crippen LogP contribution is -2.01. The van der Waals surface area contributed by atoms with Gasteiger partial charge in [-0.3, -0.25) is 0 Å². The molecule has 4 heteroatoms. The first kappa shape index (κ1) is 36.9. The van der Waals surface area contributed by atoms with E-state index in [1.54, 1.807) is 0 Å². The summed E-state index contributed by atoms with van der Waals surface area (Å²) in [6, 6.07) is 79.4. The van der Waals surface area contributed by atoms with Gasteiger partial charge in [0.25, 0.3) is 0 Å². The Morgan fingerprint density at radius 2 is 0.769 bits per heavy atom. The molecule has 0 fully saturated rings.